The molecule has 1 atom stereocenters. The smallest absolute Gasteiger partial charge is 0.320 e. The Bertz CT molecular complexity index is 842. The molecule has 1 fully saturated rings. The first-order valence-corrected chi connectivity index (χ1v) is 9.28. The van der Waals surface area contributed by atoms with Crippen LogP contribution < -0.4 is 0 Å². The van der Waals surface area contributed by atoms with E-state index in [0.29, 0.717) is 25.1 Å². The average molecular weight is 372 g/mol. The normalized spacial score (nSPS) is 17.4. The molecule has 1 saturated heterocycles. The number of hydrogen-bond acceptors (Lipinski definition) is 3. The molecule has 1 aliphatic rings. The Labute approximate surface area is 158 Å². The number of ketones is 1. The van der Waals surface area contributed by atoms with Crippen molar-refractivity contribution in [2.45, 2.75) is 45.7 Å². The van der Waals surface area contributed by atoms with Crippen LogP contribution in [0.25, 0.3) is 0 Å². The lowest BCUT2D eigenvalue weighted by Gasteiger charge is -2.20. The van der Waals surface area contributed by atoms with E-state index in [0.717, 1.165) is 29.8 Å². The van der Waals surface area contributed by atoms with Gasteiger partial charge < -0.3 is 9.67 Å². The van der Waals surface area contributed by atoms with Gasteiger partial charge in [-0.15, -0.1) is 0 Å². The molecule has 0 unspecified atom stereocenters. The number of likely N-dealkylation sites (tertiary alicyclic amines) is 1. The lowest BCUT2D eigenvalue weighted by molar-refractivity contribution is -0.141. The van der Waals surface area contributed by atoms with Crippen molar-refractivity contribution in [2.75, 3.05) is 13.1 Å². The maximum Gasteiger partial charge on any atom is 0.320 e. The molecule has 1 aliphatic heterocycles. The van der Waals surface area contributed by atoms with Crippen molar-refractivity contribution in [1.29, 1.82) is 0 Å². The van der Waals surface area contributed by atoms with Crippen LogP contribution in [0.15, 0.2) is 30.3 Å². The lowest BCUT2D eigenvalue weighted by Crippen LogP contribution is -2.39. The van der Waals surface area contributed by atoms with E-state index in [2.05, 4.69) is 4.57 Å². The fourth-order valence-corrected chi connectivity index (χ4v) is 3.88. The van der Waals surface area contributed by atoms with Gasteiger partial charge in [-0.25, -0.2) is 4.39 Å². The summed E-state index contributed by atoms with van der Waals surface area (Å²) >= 11 is 0. The summed E-state index contributed by atoms with van der Waals surface area (Å²) in [4.78, 5) is 25.9. The van der Waals surface area contributed by atoms with Gasteiger partial charge in [-0.1, -0.05) is 12.1 Å². The van der Waals surface area contributed by atoms with E-state index in [1.807, 2.05) is 19.9 Å². The molecular weight excluding hydrogens is 347 g/mol. The van der Waals surface area contributed by atoms with Crippen LogP contribution in [0.1, 0.15) is 40.2 Å². The van der Waals surface area contributed by atoms with Gasteiger partial charge in [0.05, 0.1) is 6.54 Å². The van der Waals surface area contributed by atoms with Crippen LogP contribution in [-0.2, 0) is 17.8 Å². The Hall–Kier alpha value is -2.47. The molecule has 3 rings (SSSR count). The Kier molecular flexibility index (Phi) is 5.75. The number of carboxylic acid groups (broad SMARTS) is 1. The predicted octanol–water partition coefficient (Wildman–Crippen LogP) is 3.22. The fraction of sp³-hybridized carbons (Fsp3) is 0.429. The Morgan fingerprint density at radius 2 is 1.93 bits per heavy atom. The van der Waals surface area contributed by atoms with E-state index < -0.39 is 12.0 Å². The number of aromatic nitrogens is 1. The number of rotatable bonds is 7. The Morgan fingerprint density at radius 1 is 1.22 bits per heavy atom. The van der Waals surface area contributed by atoms with Crippen LogP contribution >= 0.6 is 0 Å². The quantitative estimate of drug-likeness (QED) is 0.758. The standard InChI is InChI=1S/C21H25FN2O3/c1-14-12-18(20(25)13-23-10-3-4-19(23)21(26)27)15(2)24(14)11-9-16-5-7-17(22)8-6-16/h5-8,12,19H,3-4,9-11,13H2,1-2H3,(H,26,27)/t19-/m1/s1. The molecule has 6 heteroatoms. The molecule has 2 aromatic rings. The van der Waals surface area contributed by atoms with E-state index >= 15 is 0 Å². The molecule has 1 aromatic heterocycles. The number of carboxylic acids is 1. The second kappa shape index (κ2) is 8.05. The summed E-state index contributed by atoms with van der Waals surface area (Å²) < 4.78 is 15.1. The number of nitrogens with zero attached hydrogens (tertiary/aromatic N) is 2. The molecule has 1 aromatic carbocycles. The highest BCUT2D eigenvalue weighted by Crippen LogP contribution is 2.21. The first kappa shape index (κ1) is 19.3. The van der Waals surface area contributed by atoms with Crippen LogP contribution in [0.3, 0.4) is 0 Å². The van der Waals surface area contributed by atoms with Crippen molar-refractivity contribution >= 4 is 11.8 Å². The summed E-state index contributed by atoms with van der Waals surface area (Å²) in [7, 11) is 0. The number of aryl methyl sites for hydroxylation is 2. The molecule has 144 valence electrons. The van der Waals surface area contributed by atoms with E-state index in [9.17, 15) is 19.1 Å². The van der Waals surface area contributed by atoms with E-state index in [4.69, 9.17) is 0 Å². The Balaban J connectivity index is 1.70. The van der Waals surface area contributed by atoms with Crippen molar-refractivity contribution in [2.24, 2.45) is 0 Å². The topological polar surface area (TPSA) is 62.5 Å². The zero-order valence-corrected chi connectivity index (χ0v) is 15.7. The van der Waals surface area contributed by atoms with Crippen molar-refractivity contribution in [3.63, 3.8) is 0 Å². The van der Waals surface area contributed by atoms with Crippen molar-refractivity contribution in [1.82, 2.24) is 9.47 Å². The minimum Gasteiger partial charge on any atom is -0.480 e. The van der Waals surface area contributed by atoms with Gasteiger partial charge in [-0.05, 0) is 63.4 Å². The van der Waals surface area contributed by atoms with Gasteiger partial charge in [0.2, 0.25) is 0 Å². The highest BCUT2D eigenvalue weighted by atomic mass is 19.1. The summed E-state index contributed by atoms with van der Waals surface area (Å²) in [6.45, 7) is 5.37. The molecule has 0 aliphatic carbocycles. The molecule has 0 spiro atoms. The summed E-state index contributed by atoms with van der Waals surface area (Å²) in [5, 5.41) is 9.28. The molecule has 0 saturated carbocycles. The van der Waals surface area contributed by atoms with Crippen molar-refractivity contribution in [3.05, 3.63) is 58.7 Å². The molecule has 27 heavy (non-hydrogen) atoms. The second-order valence-electron chi connectivity index (χ2n) is 7.20. The van der Waals surface area contributed by atoms with Gasteiger partial charge >= 0.3 is 5.97 Å². The molecule has 2 heterocycles. The molecule has 1 N–H and O–H groups in total. The number of Topliss-reactive ketones (excluding diaryl/α,β-unsaturated/α-hetero) is 1. The highest BCUT2D eigenvalue weighted by molar-refractivity contribution is 5.99. The van der Waals surface area contributed by atoms with Crippen LogP contribution in [-0.4, -0.2) is 45.5 Å². The van der Waals surface area contributed by atoms with Crippen LogP contribution in [0, 0.1) is 19.7 Å². The van der Waals surface area contributed by atoms with Gasteiger partial charge in [0.25, 0.3) is 0 Å². The van der Waals surface area contributed by atoms with E-state index in [1.165, 1.54) is 12.1 Å². The maximum absolute atomic E-state index is 13.0. The number of carbonyl (C=O) groups excluding carboxylic acids is 1. The maximum atomic E-state index is 13.0. The van der Waals surface area contributed by atoms with Gasteiger partial charge in [0.1, 0.15) is 11.9 Å². The van der Waals surface area contributed by atoms with Crippen molar-refractivity contribution < 1.29 is 19.1 Å². The van der Waals surface area contributed by atoms with Crippen LogP contribution in [0.2, 0.25) is 0 Å². The number of benzene rings is 1. The minimum atomic E-state index is -0.856. The van der Waals surface area contributed by atoms with Gasteiger partial charge in [-0.3, -0.25) is 14.5 Å². The first-order chi connectivity index (χ1) is 12.9. The van der Waals surface area contributed by atoms with E-state index in [-0.39, 0.29) is 18.1 Å². The summed E-state index contributed by atoms with van der Waals surface area (Å²) in [5.41, 5.74) is 3.58. The molecule has 0 amide bonds. The summed E-state index contributed by atoms with van der Waals surface area (Å²) in [6.07, 6.45) is 2.15. The fourth-order valence-electron chi connectivity index (χ4n) is 3.88. The number of aliphatic carboxylic acids is 1. The molecule has 0 radical (unpaired) electrons. The average Bonchev–Trinajstić information content (AvgIpc) is 3.19. The van der Waals surface area contributed by atoms with Crippen LogP contribution in [0.5, 0.6) is 0 Å². The minimum absolute atomic E-state index is 0.0377. The summed E-state index contributed by atoms with van der Waals surface area (Å²) in [6, 6.07) is 7.78. The van der Waals surface area contributed by atoms with Gasteiger partial charge in [0.15, 0.2) is 5.78 Å². The number of carbonyl (C=O) groups is 2. The van der Waals surface area contributed by atoms with E-state index in [1.54, 1.807) is 17.0 Å². The summed E-state index contributed by atoms with van der Waals surface area (Å²) in [5.74, 6) is -1.14. The predicted molar refractivity (Wildman–Crippen MR) is 101 cm³/mol. The first-order valence-electron chi connectivity index (χ1n) is 9.28. The second-order valence-corrected chi connectivity index (χ2v) is 7.20. The zero-order chi connectivity index (χ0) is 19.6. The monoisotopic (exact) mass is 372 g/mol. The molecule has 5 nitrogen and oxygen atoms in total. The zero-order valence-electron chi connectivity index (χ0n) is 15.7. The lowest BCUT2D eigenvalue weighted by atomic mass is 10.1. The van der Waals surface area contributed by atoms with Crippen molar-refractivity contribution in [3.8, 4) is 0 Å². The van der Waals surface area contributed by atoms with Gasteiger partial charge in [-0.2, -0.15) is 0 Å². The highest BCUT2D eigenvalue weighted by Gasteiger charge is 2.32. The number of hydrogen-bond donors (Lipinski definition) is 1. The van der Waals surface area contributed by atoms with Crippen LogP contribution in [0.4, 0.5) is 4.39 Å². The SMILES string of the molecule is Cc1cc(C(=O)CN2CCC[C@@H]2C(=O)O)c(C)n1CCc1ccc(F)cc1. The largest absolute Gasteiger partial charge is 0.480 e. The number of halogens is 1. The van der Waals surface area contributed by atoms with Gasteiger partial charge in [0, 0.05) is 23.5 Å². The third-order valence-electron chi connectivity index (χ3n) is 5.41. The molecule has 0 bridgehead atoms. The Morgan fingerprint density at radius 3 is 2.59 bits per heavy atom. The third kappa shape index (κ3) is 4.27. The molecular formula is C21H25FN2O3. The third-order valence-corrected chi connectivity index (χ3v) is 5.41.